The first kappa shape index (κ1) is 35.2. The monoisotopic (exact) mass is 674 g/mol. The molecule has 5 rings (SSSR count). The highest BCUT2D eigenvalue weighted by Crippen LogP contribution is 2.29. The standard InChI is InChI=1S/C21H18N2O5.C13H16N2O4S/c24-20-4-2-1-3-19(20)17-9-5-15(6-10-17)13-22-21(25)28-14-16-7-11-18(12-8-16)23(26)27;1-13(20)6-7-14(9-13)12(16)19-8-10-2-4-11(5-3-10)15(17)18/h1-12,24H,13-14H2,(H,22,25);2-5,20H,6-9H2,1H3/t;13-/m.0/s1. The molecule has 1 fully saturated rings. The van der Waals surface area contributed by atoms with E-state index in [0.717, 1.165) is 28.7 Å². The van der Waals surface area contributed by atoms with E-state index < -0.39 is 15.9 Å². The van der Waals surface area contributed by atoms with Crippen LogP contribution in [0.4, 0.5) is 21.0 Å². The SMILES string of the molecule is C[C@]1(S)CCN(C(=O)OCc2ccc([N+](=O)[O-])cc2)C1.O=C(NCc1ccc(-c2ccccc2O)cc1)OCc1ccc([N+](=O)[O-])cc1. The molecular weight excluding hydrogens is 640 g/mol. The van der Waals surface area contributed by atoms with E-state index >= 15 is 0 Å². The zero-order valence-corrected chi connectivity index (χ0v) is 26.9. The van der Waals surface area contributed by atoms with Gasteiger partial charge in [0.05, 0.1) is 9.85 Å². The number of phenolic OH excluding ortho intramolecular Hbond substituents is 1. The third-order valence-electron chi connectivity index (χ3n) is 7.34. The van der Waals surface area contributed by atoms with Gasteiger partial charge in [0.2, 0.25) is 0 Å². The molecule has 1 saturated heterocycles. The average Bonchev–Trinajstić information content (AvgIpc) is 3.46. The van der Waals surface area contributed by atoms with Gasteiger partial charge in [-0.2, -0.15) is 12.6 Å². The number of nitrogens with zero attached hydrogens (tertiary/aromatic N) is 3. The first-order valence-corrected chi connectivity index (χ1v) is 15.2. The first-order chi connectivity index (χ1) is 22.9. The molecule has 2 amide bonds. The van der Waals surface area contributed by atoms with Gasteiger partial charge >= 0.3 is 12.2 Å². The molecule has 4 aromatic rings. The summed E-state index contributed by atoms with van der Waals surface area (Å²) in [6, 6.07) is 26.3. The largest absolute Gasteiger partial charge is 0.507 e. The van der Waals surface area contributed by atoms with Crippen molar-refractivity contribution in [1.29, 1.82) is 0 Å². The van der Waals surface area contributed by atoms with Crippen molar-refractivity contribution < 1.29 is 34.0 Å². The van der Waals surface area contributed by atoms with Gasteiger partial charge in [-0.15, -0.1) is 0 Å². The number of thiol groups is 1. The number of para-hydroxylation sites is 1. The summed E-state index contributed by atoms with van der Waals surface area (Å²) in [5.41, 5.74) is 3.88. The number of hydrogen-bond acceptors (Lipinski definition) is 10. The summed E-state index contributed by atoms with van der Waals surface area (Å²) in [6.07, 6.45) is -0.118. The summed E-state index contributed by atoms with van der Waals surface area (Å²) >= 11 is 4.46. The fourth-order valence-corrected chi connectivity index (χ4v) is 4.93. The van der Waals surface area contributed by atoms with E-state index in [1.807, 2.05) is 43.3 Å². The number of non-ortho nitro benzene ring substituents is 2. The second-order valence-electron chi connectivity index (χ2n) is 11.2. The quantitative estimate of drug-likeness (QED) is 0.0957. The number of carbonyl (C=O) groups is 2. The summed E-state index contributed by atoms with van der Waals surface area (Å²) in [5.74, 6) is 0.211. The number of aromatic hydroxyl groups is 1. The number of amides is 2. The van der Waals surface area contributed by atoms with Gasteiger partial charge in [0.15, 0.2) is 0 Å². The van der Waals surface area contributed by atoms with Gasteiger partial charge < -0.3 is 24.8 Å². The number of alkyl carbamates (subject to hydrolysis) is 1. The lowest BCUT2D eigenvalue weighted by Gasteiger charge is -2.18. The Morgan fingerprint density at radius 2 is 1.35 bits per heavy atom. The number of rotatable bonds is 9. The van der Waals surface area contributed by atoms with Crippen LogP contribution in [0.1, 0.15) is 30.0 Å². The molecule has 2 N–H and O–H groups in total. The topological polar surface area (TPSA) is 174 Å². The number of carbonyl (C=O) groups excluding carboxylic acids is 2. The molecule has 0 unspecified atom stereocenters. The zero-order chi connectivity index (χ0) is 34.7. The Morgan fingerprint density at radius 3 is 1.85 bits per heavy atom. The zero-order valence-electron chi connectivity index (χ0n) is 26.0. The van der Waals surface area contributed by atoms with Crippen LogP contribution in [0, 0.1) is 20.2 Å². The molecular formula is C34H34N4O9S. The Morgan fingerprint density at radius 1 is 0.833 bits per heavy atom. The van der Waals surface area contributed by atoms with Crippen LogP contribution in [-0.2, 0) is 29.2 Å². The van der Waals surface area contributed by atoms with Crippen molar-refractivity contribution in [3.8, 4) is 16.9 Å². The average molecular weight is 675 g/mol. The fourth-order valence-electron chi connectivity index (χ4n) is 4.66. The predicted molar refractivity (Wildman–Crippen MR) is 181 cm³/mol. The van der Waals surface area contributed by atoms with E-state index in [1.165, 1.54) is 24.3 Å². The maximum Gasteiger partial charge on any atom is 0.410 e. The Balaban J connectivity index is 0.000000229. The number of phenols is 1. The minimum atomic E-state index is -0.580. The second kappa shape index (κ2) is 16.3. The number of nitro groups is 2. The summed E-state index contributed by atoms with van der Waals surface area (Å²) in [7, 11) is 0. The number of nitrogens with one attached hydrogen (secondary N) is 1. The smallest absolute Gasteiger partial charge is 0.410 e. The molecule has 1 heterocycles. The molecule has 0 aromatic heterocycles. The van der Waals surface area contributed by atoms with Crippen molar-refractivity contribution in [3.63, 3.8) is 0 Å². The van der Waals surface area contributed by atoms with E-state index in [1.54, 1.807) is 41.3 Å². The van der Waals surface area contributed by atoms with Crippen molar-refractivity contribution >= 4 is 36.2 Å². The lowest BCUT2D eigenvalue weighted by atomic mass is 10.0. The molecule has 14 heteroatoms. The van der Waals surface area contributed by atoms with Gasteiger partial charge in [-0.3, -0.25) is 20.2 Å². The predicted octanol–water partition coefficient (Wildman–Crippen LogP) is 7.02. The van der Waals surface area contributed by atoms with E-state index in [2.05, 4.69) is 17.9 Å². The molecule has 1 aliphatic rings. The highest BCUT2D eigenvalue weighted by molar-refractivity contribution is 7.81. The third-order valence-corrected chi connectivity index (χ3v) is 7.71. The lowest BCUT2D eigenvalue weighted by molar-refractivity contribution is -0.385. The number of ether oxygens (including phenoxy) is 2. The lowest BCUT2D eigenvalue weighted by Crippen LogP contribution is -2.31. The number of hydrogen-bond donors (Lipinski definition) is 3. The molecule has 1 aliphatic heterocycles. The third kappa shape index (κ3) is 10.5. The van der Waals surface area contributed by atoms with Crippen molar-refractivity contribution in [2.24, 2.45) is 0 Å². The molecule has 48 heavy (non-hydrogen) atoms. The summed E-state index contributed by atoms with van der Waals surface area (Å²) < 4.78 is 10.1. The maximum absolute atomic E-state index is 11.8. The molecule has 13 nitrogen and oxygen atoms in total. The van der Waals surface area contributed by atoms with Crippen LogP contribution in [-0.4, -0.2) is 49.9 Å². The molecule has 1 atom stereocenters. The Kier molecular flexibility index (Phi) is 11.9. The minimum Gasteiger partial charge on any atom is -0.507 e. The van der Waals surface area contributed by atoms with Crippen LogP contribution in [0.2, 0.25) is 0 Å². The maximum atomic E-state index is 11.8. The molecule has 250 valence electrons. The normalized spacial score (nSPS) is 15.1. The number of likely N-dealkylation sites (tertiary alicyclic amines) is 1. The van der Waals surface area contributed by atoms with Crippen molar-refractivity contribution in [3.05, 3.63) is 134 Å². The second-order valence-corrected chi connectivity index (χ2v) is 12.3. The van der Waals surface area contributed by atoms with E-state index in [0.29, 0.717) is 25.2 Å². The Hall–Kier alpha value is -5.63. The van der Waals surface area contributed by atoms with E-state index in [4.69, 9.17) is 9.47 Å². The highest BCUT2D eigenvalue weighted by atomic mass is 32.1. The Labute approximate surface area is 281 Å². The van der Waals surface area contributed by atoms with Crippen molar-refractivity contribution in [2.75, 3.05) is 13.1 Å². The first-order valence-electron chi connectivity index (χ1n) is 14.8. The summed E-state index contributed by atoms with van der Waals surface area (Å²) in [5, 5.41) is 33.7. The van der Waals surface area contributed by atoms with Crippen LogP contribution in [0.3, 0.4) is 0 Å². The van der Waals surface area contributed by atoms with Crippen molar-refractivity contribution in [1.82, 2.24) is 10.2 Å². The molecule has 4 aromatic carbocycles. The fraction of sp³-hybridized carbons (Fsp3) is 0.235. The number of nitro benzene ring substituents is 2. The molecule has 0 bridgehead atoms. The number of benzene rings is 4. The van der Waals surface area contributed by atoms with Gasteiger partial charge in [-0.1, -0.05) is 42.5 Å². The van der Waals surface area contributed by atoms with Gasteiger partial charge in [-0.05, 0) is 65.9 Å². The molecule has 0 saturated carbocycles. The molecule has 0 radical (unpaired) electrons. The van der Waals surface area contributed by atoms with Gasteiger partial charge in [0.25, 0.3) is 11.4 Å². The summed E-state index contributed by atoms with van der Waals surface area (Å²) in [4.78, 5) is 45.5. The molecule has 0 aliphatic carbocycles. The van der Waals surface area contributed by atoms with Gasteiger partial charge in [0.1, 0.15) is 19.0 Å². The van der Waals surface area contributed by atoms with Crippen LogP contribution >= 0.6 is 12.6 Å². The van der Waals surface area contributed by atoms with Crippen LogP contribution in [0.5, 0.6) is 5.75 Å². The summed E-state index contributed by atoms with van der Waals surface area (Å²) in [6.45, 7) is 3.61. The van der Waals surface area contributed by atoms with Crippen LogP contribution in [0.25, 0.3) is 11.1 Å². The van der Waals surface area contributed by atoms with Crippen LogP contribution < -0.4 is 5.32 Å². The Bertz CT molecular complexity index is 1730. The van der Waals surface area contributed by atoms with E-state index in [9.17, 15) is 34.9 Å². The van der Waals surface area contributed by atoms with E-state index in [-0.39, 0.29) is 41.2 Å². The highest BCUT2D eigenvalue weighted by Gasteiger charge is 2.33. The minimum absolute atomic E-state index is 0.0135. The van der Waals surface area contributed by atoms with Crippen molar-refractivity contribution in [2.45, 2.75) is 37.9 Å². The van der Waals surface area contributed by atoms with Crippen LogP contribution in [0.15, 0.2) is 97.1 Å². The van der Waals surface area contributed by atoms with Gasteiger partial charge in [0, 0.05) is 54.2 Å². The molecule has 0 spiro atoms. The van der Waals surface area contributed by atoms with Gasteiger partial charge in [-0.25, -0.2) is 9.59 Å².